The van der Waals surface area contributed by atoms with Gasteiger partial charge in [0.15, 0.2) is 12.5 Å². The SMILES string of the molecule is N=C=O.N=C=O.O=S. The summed E-state index contributed by atoms with van der Waals surface area (Å²) >= 11 is 2.83. The van der Waals surface area contributed by atoms with Crippen molar-refractivity contribution in [2.24, 2.45) is 0 Å². The van der Waals surface area contributed by atoms with Crippen molar-refractivity contribution in [3.8, 4) is 0 Å². The van der Waals surface area contributed by atoms with Gasteiger partial charge in [-0.05, 0) is 0 Å². The van der Waals surface area contributed by atoms with Crippen LogP contribution in [0.4, 0.5) is 0 Å². The van der Waals surface area contributed by atoms with E-state index in [0.717, 1.165) is 12.2 Å². The molecule has 0 aliphatic rings. The van der Waals surface area contributed by atoms with Gasteiger partial charge in [-0.2, -0.15) is 4.21 Å². The summed E-state index contributed by atoms with van der Waals surface area (Å²) in [7, 11) is 0. The first kappa shape index (κ1) is 15.9. The Labute approximate surface area is 50.2 Å². The largest absolute Gasteiger partial charge is 0.231 e. The molecule has 0 aromatic heterocycles. The van der Waals surface area contributed by atoms with Crippen molar-refractivity contribution >= 4 is 24.7 Å². The van der Waals surface area contributed by atoms with E-state index in [9.17, 15) is 0 Å². The molecular weight excluding hydrogens is 132 g/mol. The Morgan fingerprint density at radius 3 is 1.00 bits per heavy atom. The molecule has 0 radical (unpaired) electrons. The molecule has 0 aliphatic heterocycles. The van der Waals surface area contributed by atoms with E-state index in [1.165, 1.54) is 0 Å². The lowest BCUT2D eigenvalue weighted by Gasteiger charge is -1.02. The van der Waals surface area contributed by atoms with Gasteiger partial charge in [-0.15, -0.1) is 0 Å². The molecule has 6 heteroatoms. The number of hydrogen-bond acceptors (Lipinski definition) is 6. The van der Waals surface area contributed by atoms with Crippen molar-refractivity contribution in [1.82, 2.24) is 0 Å². The molecule has 0 aromatic carbocycles. The highest BCUT2D eigenvalue weighted by Gasteiger charge is 1.04. The third-order valence-corrected chi connectivity index (χ3v) is 0. The minimum atomic E-state index is 0.750. The van der Waals surface area contributed by atoms with E-state index in [2.05, 4.69) is 12.5 Å². The summed E-state index contributed by atoms with van der Waals surface area (Å²) in [6, 6.07) is 0. The van der Waals surface area contributed by atoms with Crippen LogP contribution in [0.15, 0.2) is 0 Å². The van der Waals surface area contributed by atoms with E-state index < -0.39 is 0 Å². The number of nitrogens with one attached hydrogen (secondary N) is 2. The van der Waals surface area contributed by atoms with Crippen LogP contribution < -0.4 is 0 Å². The molecule has 2 N–H and O–H groups in total. The monoisotopic (exact) mass is 134 g/mol. The van der Waals surface area contributed by atoms with Crippen molar-refractivity contribution in [2.45, 2.75) is 0 Å². The predicted octanol–water partition coefficient (Wildman–Crippen LogP) is -0.534. The van der Waals surface area contributed by atoms with Gasteiger partial charge in [0.25, 0.3) is 0 Å². The minimum Gasteiger partial charge on any atom is -0.222 e. The number of isocyanates is 2. The molecule has 0 fully saturated rings. The lowest BCUT2D eigenvalue weighted by atomic mass is 11.7. The molecule has 8 heavy (non-hydrogen) atoms. The lowest BCUT2D eigenvalue weighted by molar-refractivity contribution is 0.562. The van der Waals surface area contributed by atoms with E-state index in [1.807, 2.05) is 0 Å². The maximum atomic E-state index is 8.35. The normalized spacial score (nSPS) is 2.50. The molecule has 5 nitrogen and oxygen atoms in total. The van der Waals surface area contributed by atoms with Crippen LogP contribution in [0.2, 0.25) is 0 Å². The Balaban J connectivity index is -0.0000000483. The van der Waals surface area contributed by atoms with Crippen molar-refractivity contribution in [3.63, 3.8) is 0 Å². The van der Waals surface area contributed by atoms with E-state index >= 15 is 0 Å². The zero-order valence-electron chi connectivity index (χ0n) is 3.63. The molecule has 0 atom stereocenters. The molecule has 0 saturated carbocycles. The fraction of sp³-hybridized carbons (Fsp3) is 0. The van der Waals surface area contributed by atoms with E-state index in [1.54, 1.807) is 0 Å². The molecule has 0 bridgehead atoms. The first-order valence-electron chi connectivity index (χ1n) is 1.07. The highest BCUT2D eigenvalue weighted by Crippen LogP contribution is 0.871. The number of carbonyl (C=O) groups excluding carboxylic acids is 2. The Hall–Kier alpha value is -1.22. The Morgan fingerprint density at radius 2 is 1.00 bits per heavy atom. The topological polar surface area (TPSA) is 98.9 Å². The Morgan fingerprint density at radius 1 is 1.00 bits per heavy atom. The first-order valence-corrected chi connectivity index (χ1v) is 1.41. The quantitative estimate of drug-likeness (QED) is 0.343. The van der Waals surface area contributed by atoms with Gasteiger partial charge in [0.2, 0.25) is 12.2 Å². The minimum absolute atomic E-state index is 0.750. The molecule has 44 valence electrons. The van der Waals surface area contributed by atoms with Crippen molar-refractivity contribution < 1.29 is 13.8 Å². The number of hydrogen-bond donors (Lipinski definition) is 2. The summed E-state index contributed by atoms with van der Waals surface area (Å²) in [6.45, 7) is 0. The predicted molar refractivity (Wildman–Crippen MR) is 25.0 cm³/mol. The fourth-order valence-corrected chi connectivity index (χ4v) is 0. The van der Waals surface area contributed by atoms with Crippen molar-refractivity contribution in [2.75, 3.05) is 0 Å². The van der Waals surface area contributed by atoms with Gasteiger partial charge in [-0.25, -0.2) is 20.4 Å². The van der Waals surface area contributed by atoms with Gasteiger partial charge < -0.3 is 0 Å². The Bertz CT molecular complexity index is 79.5. The van der Waals surface area contributed by atoms with Gasteiger partial charge in [-0.3, -0.25) is 0 Å². The highest BCUT2D eigenvalue weighted by molar-refractivity contribution is 7.44. The Kier molecular flexibility index (Phi) is 430. The molecule has 0 rings (SSSR count). The second-order valence-electron chi connectivity index (χ2n) is 0.204. The van der Waals surface area contributed by atoms with E-state index in [-0.39, 0.29) is 0 Å². The van der Waals surface area contributed by atoms with Gasteiger partial charge in [0, 0.05) is 0 Å². The van der Waals surface area contributed by atoms with Crippen molar-refractivity contribution in [3.05, 3.63) is 0 Å². The van der Waals surface area contributed by atoms with Crippen LogP contribution in [-0.4, -0.2) is 16.4 Å². The standard InChI is InChI=1S/2CHNO.OS/c2*2-1-3;1-2/h2*2H;. The number of rotatable bonds is 0. The highest BCUT2D eigenvalue weighted by atomic mass is 32.1. The third kappa shape index (κ3) is 45.9. The van der Waals surface area contributed by atoms with Crippen LogP contribution in [0, 0.1) is 10.8 Å². The summed E-state index contributed by atoms with van der Waals surface area (Å²) in [5.74, 6) is 0. The molecule has 0 aromatic rings. The average Bonchev–Trinajstić information content (AvgIpc) is 1.75. The van der Waals surface area contributed by atoms with Gasteiger partial charge in [0.05, 0.1) is 0 Å². The summed E-state index contributed by atoms with van der Waals surface area (Å²) in [4.78, 5) is 16.7. The average molecular weight is 134 g/mol. The summed E-state index contributed by atoms with van der Waals surface area (Å²) in [5, 5.41) is 10.8. The van der Waals surface area contributed by atoms with Crippen LogP contribution in [0.5, 0.6) is 0 Å². The summed E-state index contributed by atoms with van der Waals surface area (Å²) in [6.07, 6.45) is 1.50. The maximum Gasteiger partial charge on any atom is 0.231 e. The zero-order chi connectivity index (χ0) is 7.41. The zero-order valence-corrected chi connectivity index (χ0v) is 4.45. The van der Waals surface area contributed by atoms with Crippen LogP contribution in [0.3, 0.4) is 0 Å². The molecule has 0 amide bonds. The summed E-state index contributed by atoms with van der Waals surface area (Å²) in [5.41, 5.74) is 0. The van der Waals surface area contributed by atoms with Crippen LogP contribution in [0.1, 0.15) is 0 Å². The van der Waals surface area contributed by atoms with E-state index in [0.29, 0.717) is 0 Å². The first-order chi connectivity index (χ1) is 3.83. The van der Waals surface area contributed by atoms with Gasteiger partial charge in [-0.1, -0.05) is 0 Å². The van der Waals surface area contributed by atoms with Gasteiger partial charge in [0.1, 0.15) is 0 Å². The molecule has 0 spiro atoms. The van der Waals surface area contributed by atoms with Crippen molar-refractivity contribution in [1.29, 1.82) is 10.8 Å². The molecule has 0 heterocycles. The second-order valence-corrected chi connectivity index (χ2v) is 0.204. The van der Waals surface area contributed by atoms with Crippen LogP contribution in [0.25, 0.3) is 0 Å². The van der Waals surface area contributed by atoms with Crippen LogP contribution >= 0.6 is 0 Å². The molecule has 0 saturated heterocycles. The van der Waals surface area contributed by atoms with E-state index in [4.69, 9.17) is 24.6 Å². The van der Waals surface area contributed by atoms with Gasteiger partial charge >= 0.3 is 0 Å². The fourth-order valence-electron chi connectivity index (χ4n) is 0. The molecule has 0 unspecified atom stereocenters. The van der Waals surface area contributed by atoms with Crippen LogP contribution in [-0.2, 0) is 22.1 Å². The maximum absolute atomic E-state index is 8.35. The molecular formula is C2H2N2O3S. The second kappa shape index (κ2) is 217. The lowest BCUT2D eigenvalue weighted by Crippen LogP contribution is -1.16. The smallest absolute Gasteiger partial charge is 0.222 e. The summed E-state index contributed by atoms with van der Waals surface area (Å²) < 4.78 is 7.83. The molecule has 0 aliphatic carbocycles. The third-order valence-electron chi connectivity index (χ3n) is 0.